The number of ketones is 1. The lowest BCUT2D eigenvalue weighted by atomic mass is 9.62. The molecule has 0 unspecified atom stereocenters. The van der Waals surface area contributed by atoms with Crippen molar-refractivity contribution in [1.29, 1.82) is 0 Å². The number of rotatable bonds is 5. The molecule has 1 saturated carbocycles. The number of nitrogens with one attached hydrogen (secondary N) is 2. The van der Waals surface area contributed by atoms with Crippen molar-refractivity contribution in [3.8, 4) is 0 Å². The van der Waals surface area contributed by atoms with Crippen molar-refractivity contribution >= 4 is 29.0 Å². The summed E-state index contributed by atoms with van der Waals surface area (Å²) in [5.41, 5.74) is 0.466. The summed E-state index contributed by atoms with van der Waals surface area (Å²) < 4.78 is 15.8. The molecule has 1 amide bonds. The third-order valence-electron chi connectivity index (χ3n) is 8.54. The van der Waals surface area contributed by atoms with Gasteiger partial charge in [0.05, 0.1) is 17.2 Å². The van der Waals surface area contributed by atoms with Crippen molar-refractivity contribution < 1.29 is 19.1 Å². The first-order valence-electron chi connectivity index (χ1n) is 13.3. The number of Topliss-reactive ketones (excluding diaryl/α,β-unsaturated/α-hetero) is 1. The van der Waals surface area contributed by atoms with Crippen LogP contribution in [0.15, 0.2) is 42.5 Å². The van der Waals surface area contributed by atoms with Crippen LogP contribution in [0, 0.1) is 17.2 Å². The second kappa shape index (κ2) is 9.79. The molecular weight excluding hydrogens is 491 g/mol. The Bertz CT molecular complexity index is 1200. The fourth-order valence-corrected chi connectivity index (χ4v) is 7.12. The van der Waals surface area contributed by atoms with Crippen LogP contribution in [0.4, 0.5) is 10.1 Å². The number of amides is 1. The van der Waals surface area contributed by atoms with E-state index in [1.807, 2.05) is 24.3 Å². The number of carbonyl (C=O) groups is 2. The standard InChI is InChI=1S/C30H36ClFN2O3/c1-29(2,3)16-24-30(20-8-4-5-10-22(20)33-28(30)37)25(19-7-6-9-21(31)26(19)32)27(34-24)23(36)15-17-11-13-18(35)14-12-17/h4-10,17-18,24-25,27,34-35H,11-16H2,1-3H3,(H,33,37)/t17?,18?,24-,25-,27-,30+/m0/s1. The van der Waals surface area contributed by atoms with Crippen molar-refractivity contribution in [2.24, 2.45) is 11.3 Å². The maximum absolute atomic E-state index is 15.8. The predicted octanol–water partition coefficient (Wildman–Crippen LogP) is 5.74. The van der Waals surface area contributed by atoms with Crippen LogP contribution in [0.5, 0.6) is 0 Å². The summed E-state index contributed by atoms with van der Waals surface area (Å²) in [4.78, 5) is 28.1. The molecule has 0 aromatic heterocycles. The molecule has 2 aromatic carbocycles. The first kappa shape index (κ1) is 26.3. The van der Waals surface area contributed by atoms with Crippen molar-refractivity contribution in [3.05, 3.63) is 64.4 Å². The number of aliphatic hydroxyl groups is 1. The Balaban J connectivity index is 1.66. The number of halogens is 2. The van der Waals surface area contributed by atoms with Gasteiger partial charge in [-0.2, -0.15) is 0 Å². The summed E-state index contributed by atoms with van der Waals surface area (Å²) in [5.74, 6) is -1.40. The number of carbonyl (C=O) groups excluding carboxylic acids is 2. The number of anilines is 1. The van der Waals surface area contributed by atoms with Crippen LogP contribution in [0.1, 0.15) is 76.3 Å². The van der Waals surface area contributed by atoms with Crippen LogP contribution in [0.3, 0.4) is 0 Å². The molecule has 2 fully saturated rings. The highest BCUT2D eigenvalue weighted by molar-refractivity contribution is 6.30. The molecule has 7 heteroatoms. The third-order valence-corrected chi connectivity index (χ3v) is 8.83. The topological polar surface area (TPSA) is 78.4 Å². The lowest BCUT2D eigenvalue weighted by Gasteiger charge is -2.37. The summed E-state index contributed by atoms with van der Waals surface area (Å²) >= 11 is 6.26. The van der Waals surface area contributed by atoms with Gasteiger partial charge >= 0.3 is 0 Å². The minimum atomic E-state index is -1.17. The molecule has 3 N–H and O–H groups in total. The minimum Gasteiger partial charge on any atom is -0.393 e. The van der Waals surface area contributed by atoms with E-state index in [2.05, 4.69) is 31.4 Å². The normalized spacial score (nSPS) is 31.4. The molecule has 2 heterocycles. The molecule has 2 aromatic rings. The van der Waals surface area contributed by atoms with Gasteiger partial charge in [0.15, 0.2) is 5.78 Å². The number of aliphatic hydroxyl groups excluding tert-OH is 1. The molecule has 5 rings (SSSR count). The highest BCUT2D eigenvalue weighted by Crippen LogP contribution is 2.57. The highest BCUT2D eigenvalue weighted by atomic mass is 35.5. The second-order valence-electron chi connectivity index (χ2n) is 12.3. The second-order valence-corrected chi connectivity index (χ2v) is 12.7. The van der Waals surface area contributed by atoms with E-state index in [0.29, 0.717) is 36.9 Å². The van der Waals surface area contributed by atoms with Crippen molar-refractivity contribution in [3.63, 3.8) is 0 Å². The van der Waals surface area contributed by atoms with Crippen molar-refractivity contribution in [1.82, 2.24) is 5.32 Å². The summed E-state index contributed by atoms with van der Waals surface area (Å²) in [7, 11) is 0. The van der Waals surface area contributed by atoms with E-state index in [4.69, 9.17) is 11.6 Å². The fraction of sp³-hybridized carbons (Fsp3) is 0.533. The van der Waals surface area contributed by atoms with Gasteiger partial charge in [-0.1, -0.05) is 62.7 Å². The van der Waals surface area contributed by atoms with Crippen molar-refractivity contribution in [2.75, 3.05) is 5.32 Å². The fourth-order valence-electron chi connectivity index (χ4n) is 6.94. The van der Waals surface area contributed by atoms with Gasteiger partial charge < -0.3 is 15.7 Å². The van der Waals surface area contributed by atoms with Crippen LogP contribution < -0.4 is 10.6 Å². The van der Waals surface area contributed by atoms with E-state index in [9.17, 15) is 14.7 Å². The lowest BCUT2D eigenvalue weighted by Crippen LogP contribution is -2.49. The van der Waals surface area contributed by atoms with Crippen LogP contribution in [-0.2, 0) is 15.0 Å². The van der Waals surface area contributed by atoms with E-state index in [-0.39, 0.29) is 40.2 Å². The molecule has 37 heavy (non-hydrogen) atoms. The molecule has 198 valence electrons. The van der Waals surface area contributed by atoms with Crippen molar-refractivity contribution in [2.45, 2.75) is 88.8 Å². The molecule has 5 nitrogen and oxygen atoms in total. The minimum absolute atomic E-state index is 0.0151. The first-order chi connectivity index (χ1) is 17.5. The van der Waals surface area contributed by atoms with Crippen LogP contribution in [0.2, 0.25) is 5.02 Å². The molecule has 1 spiro atoms. The Labute approximate surface area is 223 Å². The van der Waals surface area contributed by atoms with Gasteiger partial charge in [-0.05, 0) is 66.7 Å². The van der Waals surface area contributed by atoms with Crippen LogP contribution in [0.25, 0.3) is 0 Å². The molecule has 3 aliphatic rings. The number of fused-ring (bicyclic) bond motifs is 2. The number of benzene rings is 2. The number of hydrogen-bond donors (Lipinski definition) is 3. The van der Waals surface area contributed by atoms with E-state index < -0.39 is 23.2 Å². The average Bonchev–Trinajstić information content (AvgIpc) is 3.32. The van der Waals surface area contributed by atoms with E-state index in [1.54, 1.807) is 12.1 Å². The average molecular weight is 527 g/mol. The van der Waals surface area contributed by atoms with Gasteiger partial charge in [0.2, 0.25) is 5.91 Å². The van der Waals surface area contributed by atoms with Crippen LogP contribution in [-0.4, -0.2) is 35.0 Å². The van der Waals surface area contributed by atoms with E-state index in [0.717, 1.165) is 18.4 Å². The monoisotopic (exact) mass is 526 g/mol. The molecule has 0 radical (unpaired) electrons. The molecule has 4 atom stereocenters. The Kier molecular flexibility index (Phi) is 6.97. The smallest absolute Gasteiger partial charge is 0.237 e. The van der Waals surface area contributed by atoms with Gasteiger partial charge in [0.1, 0.15) is 11.2 Å². The van der Waals surface area contributed by atoms with Crippen LogP contribution >= 0.6 is 11.6 Å². The zero-order valence-corrected chi connectivity index (χ0v) is 22.4. The third kappa shape index (κ3) is 4.62. The lowest BCUT2D eigenvalue weighted by molar-refractivity contribution is -0.123. The Morgan fingerprint density at radius 3 is 2.51 bits per heavy atom. The summed E-state index contributed by atoms with van der Waals surface area (Å²) in [5, 5.41) is 16.5. The summed E-state index contributed by atoms with van der Waals surface area (Å²) in [6, 6.07) is 11.3. The van der Waals surface area contributed by atoms with Gasteiger partial charge in [-0.15, -0.1) is 0 Å². The Morgan fingerprint density at radius 2 is 1.81 bits per heavy atom. The number of para-hydroxylation sites is 1. The first-order valence-corrected chi connectivity index (χ1v) is 13.7. The highest BCUT2D eigenvalue weighted by Gasteiger charge is 2.66. The summed E-state index contributed by atoms with van der Waals surface area (Å²) in [6.07, 6.45) is 3.61. The quantitative estimate of drug-likeness (QED) is 0.464. The number of hydrogen-bond acceptors (Lipinski definition) is 4. The zero-order valence-electron chi connectivity index (χ0n) is 21.7. The Morgan fingerprint density at radius 1 is 1.11 bits per heavy atom. The maximum Gasteiger partial charge on any atom is 0.237 e. The molecular formula is C30H36ClFN2O3. The summed E-state index contributed by atoms with van der Waals surface area (Å²) in [6.45, 7) is 6.33. The maximum atomic E-state index is 15.8. The molecule has 1 aliphatic carbocycles. The predicted molar refractivity (Wildman–Crippen MR) is 143 cm³/mol. The molecule has 1 saturated heterocycles. The van der Waals surface area contributed by atoms with E-state index in [1.165, 1.54) is 6.07 Å². The van der Waals surface area contributed by atoms with E-state index >= 15 is 4.39 Å². The Hall–Kier alpha value is -2.28. The zero-order chi connectivity index (χ0) is 26.5. The molecule has 0 bridgehead atoms. The van der Waals surface area contributed by atoms with Gasteiger partial charge in [-0.3, -0.25) is 9.59 Å². The SMILES string of the molecule is CC(C)(C)C[C@@H]1N[C@@H](C(=O)CC2CCC(O)CC2)[C@H](c2cccc(Cl)c2F)[C@]12C(=O)Nc1ccccc12. The van der Waals surface area contributed by atoms with Gasteiger partial charge in [0.25, 0.3) is 0 Å². The van der Waals surface area contributed by atoms with Gasteiger partial charge in [0, 0.05) is 24.1 Å². The van der Waals surface area contributed by atoms with Gasteiger partial charge in [-0.25, -0.2) is 4.39 Å². The molecule has 2 aliphatic heterocycles. The largest absolute Gasteiger partial charge is 0.393 e.